The smallest absolute Gasteiger partial charge is 0.367 e. The van der Waals surface area contributed by atoms with Gasteiger partial charge < -0.3 is 10.1 Å². The highest BCUT2D eigenvalue weighted by Crippen LogP contribution is 2.11. The summed E-state index contributed by atoms with van der Waals surface area (Å²) < 4.78 is 4.84. The number of rotatable bonds is 5. The molecule has 0 fully saturated rings. The lowest BCUT2D eigenvalue weighted by Gasteiger charge is -2.03. The van der Waals surface area contributed by atoms with E-state index in [1.54, 1.807) is 12.3 Å². The number of carbonyl (C=O) groups is 2. The second kappa shape index (κ2) is 6.99. The highest BCUT2D eigenvalue weighted by molar-refractivity contribution is 7.11. The Labute approximate surface area is 127 Å². The molecule has 1 N–H and O–H groups in total. The summed E-state index contributed by atoms with van der Waals surface area (Å²) in [4.78, 5) is 27.4. The largest absolute Gasteiger partial charge is 0.461 e. The van der Waals surface area contributed by atoms with Crippen LogP contribution in [0.3, 0.4) is 0 Å². The summed E-state index contributed by atoms with van der Waals surface area (Å²) in [5.41, 5.74) is 2.41. The fourth-order valence-electron chi connectivity index (χ4n) is 1.64. The van der Waals surface area contributed by atoms with E-state index in [9.17, 15) is 9.59 Å². The maximum atomic E-state index is 12.0. The Balaban J connectivity index is 1.94. The van der Waals surface area contributed by atoms with Gasteiger partial charge in [-0.2, -0.15) is 0 Å². The number of ether oxygens (including phenoxy) is 1. The van der Waals surface area contributed by atoms with Gasteiger partial charge in [0.05, 0.1) is 6.61 Å². The zero-order valence-electron chi connectivity index (χ0n) is 11.9. The van der Waals surface area contributed by atoms with Crippen molar-refractivity contribution in [3.8, 4) is 0 Å². The lowest BCUT2D eigenvalue weighted by atomic mass is 10.1. The number of thiazole rings is 1. The highest BCUT2D eigenvalue weighted by atomic mass is 32.1. The molecule has 1 heterocycles. The van der Waals surface area contributed by atoms with E-state index >= 15 is 0 Å². The average Bonchev–Trinajstić information content (AvgIpc) is 2.96. The molecule has 1 amide bonds. The minimum atomic E-state index is -0.500. The Morgan fingerprint density at radius 3 is 2.67 bits per heavy atom. The van der Waals surface area contributed by atoms with Gasteiger partial charge in [-0.1, -0.05) is 29.8 Å². The quantitative estimate of drug-likeness (QED) is 0.862. The fourth-order valence-corrected chi connectivity index (χ4v) is 2.33. The normalized spacial score (nSPS) is 10.2. The number of hydrogen-bond acceptors (Lipinski definition) is 5. The van der Waals surface area contributed by atoms with E-state index < -0.39 is 5.97 Å². The number of carbonyl (C=O) groups excluding carboxylic acids is 2. The summed E-state index contributed by atoms with van der Waals surface area (Å²) in [6, 6.07) is 7.90. The molecule has 5 nitrogen and oxygen atoms in total. The first kappa shape index (κ1) is 15.2. The number of esters is 1. The number of nitrogens with one attached hydrogen (secondary N) is 1. The van der Waals surface area contributed by atoms with E-state index in [1.165, 1.54) is 5.56 Å². The second-order valence-electron chi connectivity index (χ2n) is 4.43. The van der Waals surface area contributed by atoms with Crippen LogP contribution in [-0.4, -0.2) is 23.5 Å². The number of benzene rings is 1. The van der Waals surface area contributed by atoms with Crippen LogP contribution in [0, 0.1) is 6.92 Å². The van der Waals surface area contributed by atoms with Crippen LogP contribution in [0.25, 0.3) is 0 Å². The van der Waals surface area contributed by atoms with Crippen molar-refractivity contribution < 1.29 is 14.3 Å². The van der Waals surface area contributed by atoms with E-state index in [-0.39, 0.29) is 23.2 Å². The van der Waals surface area contributed by atoms with Crippen LogP contribution in [0.4, 0.5) is 0 Å². The van der Waals surface area contributed by atoms with Gasteiger partial charge in [-0.25, -0.2) is 9.78 Å². The third-order valence-electron chi connectivity index (χ3n) is 2.76. The van der Waals surface area contributed by atoms with Gasteiger partial charge in [0, 0.05) is 11.9 Å². The molecule has 0 aliphatic carbocycles. The molecule has 0 radical (unpaired) electrons. The summed E-state index contributed by atoms with van der Waals surface area (Å²) in [6.45, 7) is 4.44. The van der Waals surface area contributed by atoms with Crippen molar-refractivity contribution in [2.45, 2.75) is 20.4 Å². The maximum Gasteiger partial charge on any atom is 0.367 e. The molecule has 0 aliphatic heterocycles. The Hall–Kier alpha value is -2.21. The van der Waals surface area contributed by atoms with Crippen molar-refractivity contribution >= 4 is 23.2 Å². The van der Waals surface area contributed by atoms with Gasteiger partial charge in [-0.3, -0.25) is 4.79 Å². The molecule has 6 heteroatoms. The third-order valence-corrected chi connectivity index (χ3v) is 3.58. The molecule has 0 spiro atoms. The van der Waals surface area contributed by atoms with Crippen LogP contribution in [0.2, 0.25) is 0 Å². The van der Waals surface area contributed by atoms with Gasteiger partial charge in [-0.05, 0) is 19.4 Å². The lowest BCUT2D eigenvalue weighted by Crippen LogP contribution is -2.23. The van der Waals surface area contributed by atoms with E-state index in [0.29, 0.717) is 6.54 Å². The molecule has 0 bridgehead atoms. The molecule has 21 heavy (non-hydrogen) atoms. The van der Waals surface area contributed by atoms with Crippen LogP contribution in [0.15, 0.2) is 29.6 Å². The maximum absolute atomic E-state index is 12.0. The molecule has 1 aromatic carbocycles. The van der Waals surface area contributed by atoms with Crippen molar-refractivity contribution in [3.05, 3.63) is 51.5 Å². The number of aromatic nitrogens is 1. The Bertz CT molecular complexity index is 635. The zero-order valence-corrected chi connectivity index (χ0v) is 12.7. The zero-order chi connectivity index (χ0) is 15.2. The molecule has 1 aromatic heterocycles. The van der Waals surface area contributed by atoms with Crippen molar-refractivity contribution in [3.63, 3.8) is 0 Å². The third kappa shape index (κ3) is 4.13. The summed E-state index contributed by atoms with van der Waals surface area (Å²) in [7, 11) is 0. The van der Waals surface area contributed by atoms with E-state index in [4.69, 9.17) is 4.74 Å². The molecule has 0 atom stereocenters. The number of hydrogen-bond donors (Lipinski definition) is 1. The summed E-state index contributed by atoms with van der Waals surface area (Å²) >= 11 is 1.10. The number of aryl methyl sites for hydroxylation is 1. The van der Waals surface area contributed by atoms with E-state index in [0.717, 1.165) is 16.9 Å². The predicted octanol–water partition coefficient (Wildman–Crippen LogP) is 2.56. The molecule has 2 aromatic rings. The standard InChI is InChI=1S/C15H16N2O3S/c1-3-20-15(19)14-17-12(9-21-14)13(18)16-8-11-6-4-10(2)5-7-11/h4-7,9H,3,8H2,1-2H3,(H,16,18). The van der Waals surface area contributed by atoms with E-state index in [2.05, 4.69) is 10.3 Å². The first-order chi connectivity index (χ1) is 10.1. The second-order valence-corrected chi connectivity index (χ2v) is 5.28. The van der Waals surface area contributed by atoms with Crippen LogP contribution >= 0.6 is 11.3 Å². The van der Waals surface area contributed by atoms with Crippen molar-refractivity contribution in [1.29, 1.82) is 0 Å². The van der Waals surface area contributed by atoms with Gasteiger partial charge in [0.15, 0.2) is 0 Å². The molecule has 0 aliphatic rings. The molecule has 110 valence electrons. The fraction of sp³-hybridized carbons (Fsp3) is 0.267. The van der Waals surface area contributed by atoms with Gasteiger partial charge in [0.1, 0.15) is 5.69 Å². The average molecular weight is 304 g/mol. The van der Waals surface area contributed by atoms with Crippen LogP contribution in [-0.2, 0) is 11.3 Å². The summed E-state index contributed by atoms with van der Waals surface area (Å²) in [5.74, 6) is -0.803. The number of amides is 1. The topological polar surface area (TPSA) is 68.3 Å². The monoisotopic (exact) mass is 304 g/mol. The van der Waals surface area contributed by atoms with Crippen LogP contribution in [0.1, 0.15) is 38.3 Å². The Morgan fingerprint density at radius 2 is 2.00 bits per heavy atom. The minimum absolute atomic E-state index is 0.192. The molecular formula is C15H16N2O3S. The molecule has 0 unspecified atom stereocenters. The lowest BCUT2D eigenvalue weighted by molar-refractivity contribution is 0.0526. The Morgan fingerprint density at radius 1 is 1.29 bits per heavy atom. The van der Waals surface area contributed by atoms with Crippen LogP contribution < -0.4 is 5.32 Å². The van der Waals surface area contributed by atoms with Gasteiger partial charge in [-0.15, -0.1) is 11.3 Å². The van der Waals surface area contributed by atoms with Crippen molar-refractivity contribution in [1.82, 2.24) is 10.3 Å². The molecule has 0 saturated heterocycles. The van der Waals surface area contributed by atoms with Gasteiger partial charge in [0.25, 0.3) is 5.91 Å². The first-order valence-corrected chi connectivity index (χ1v) is 7.44. The van der Waals surface area contributed by atoms with Gasteiger partial charge in [0.2, 0.25) is 5.01 Å². The van der Waals surface area contributed by atoms with Crippen molar-refractivity contribution in [2.75, 3.05) is 6.61 Å². The van der Waals surface area contributed by atoms with E-state index in [1.807, 2.05) is 31.2 Å². The highest BCUT2D eigenvalue weighted by Gasteiger charge is 2.15. The SMILES string of the molecule is CCOC(=O)c1nc(C(=O)NCc2ccc(C)cc2)cs1. The summed E-state index contributed by atoms with van der Waals surface area (Å²) in [5, 5.41) is 4.52. The molecular weight excluding hydrogens is 288 g/mol. The van der Waals surface area contributed by atoms with Gasteiger partial charge >= 0.3 is 5.97 Å². The van der Waals surface area contributed by atoms with Crippen molar-refractivity contribution in [2.24, 2.45) is 0 Å². The molecule has 2 rings (SSSR count). The predicted molar refractivity (Wildman–Crippen MR) is 80.4 cm³/mol. The number of nitrogens with zero attached hydrogens (tertiary/aromatic N) is 1. The Kier molecular flexibility index (Phi) is 5.05. The summed E-state index contributed by atoms with van der Waals surface area (Å²) in [6.07, 6.45) is 0. The molecule has 0 saturated carbocycles. The first-order valence-electron chi connectivity index (χ1n) is 6.56. The van der Waals surface area contributed by atoms with Crippen LogP contribution in [0.5, 0.6) is 0 Å². The minimum Gasteiger partial charge on any atom is -0.461 e.